The Morgan fingerprint density at radius 2 is 1.52 bits per heavy atom. The van der Waals surface area contributed by atoms with Gasteiger partial charge in [0.2, 0.25) is 11.7 Å². The molecule has 1 aliphatic rings. The lowest BCUT2D eigenvalue weighted by Gasteiger charge is -2.16. The van der Waals surface area contributed by atoms with Crippen LogP contribution in [-0.2, 0) is 22.3 Å². The van der Waals surface area contributed by atoms with Gasteiger partial charge in [-0.05, 0) is 42.7 Å². The summed E-state index contributed by atoms with van der Waals surface area (Å²) < 4.78 is 76.6. The van der Waals surface area contributed by atoms with Gasteiger partial charge in [0.15, 0.2) is 0 Å². The molecule has 2 N–H and O–H groups in total. The summed E-state index contributed by atoms with van der Waals surface area (Å²) >= 11 is 0. The third-order valence-corrected chi connectivity index (χ3v) is 5.07. The summed E-state index contributed by atoms with van der Waals surface area (Å²) in [5.74, 6) is -2.54. The first kappa shape index (κ1) is 22.6. The topological polar surface area (TPSA) is 58.2 Å². The van der Waals surface area contributed by atoms with Crippen molar-refractivity contribution >= 4 is 23.1 Å². The summed E-state index contributed by atoms with van der Waals surface area (Å²) in [4.78, 5) is 23.4. The van der Waals surface area contributed by atoms with Crippen molar-refractivity contribution in [3.63, 3.8) is 0 Å². The fourth-order valence-electron chi connectivity index (χ4n) is 3.11. The molecule has 166 valence electrons. The molecule has 1 amide bonds. The van der Waals surface area contributed by atoms with Gasteiger partial charge >= 0.3 is 12.4 Å². The van der Waals surface area contributed by atoms with Crippen molar-refractivity contribution in [1.29, 1.82) is 0 Å². The quantitative estimate of drug-likeness (QED) is 0.565. The second-order valence-corrected chi connectivity index (χ2v) is 7.43. The number of hydrogen-bond donors (Lipinski definition) is 2. The normalized spacial score (nSPS) is 15.3. The number of nitrogens with one attached hydrogen (secondary N) is 2. The Bertz CT molecular complexity index is 963. The molecular formula is C21H18F6N2O2. The minimum atomic E-state index is -4.97. The molecule has 0 saturated heterocycles. The lowest BCUT2D eigenvalue weighted by Crippen LogP contribution is -2.36. The Hall–Kier alpha value is -3.04. The number of alkyl halides is 6. The second-order valence-electron chi connectivity index (χ2n) is 7.43. The minimum absolute atomic E-state index is 0.0141. The van der Waals surface area contributed by atoms with E-state index in [1.165, 1.54) is 30.3 Å². The Kier molecular flexibility index (Phi) is 6.02. The number of rotatable bonds is 7. The molecule has 0 atom stereocenters. The Morgan fingerprint density at radius 3 is 2.06 bits per heavy atom. The van der Waals surface area contributed by atoms with Crippen LogP contribution in [0.2, 0.25) is 0 Å². The molecule has 0 spiro atoms. The van der Waals surface area contributed by atoms with Crippen molar-refractivity contribution in [3.8, 4) is 0 Å². The molecule has 0 unspecified atom stereocenters. The summed E-state index contributed by atoms with van der Waals surface area (Å²) in [6.07, 6.45) is -9.93. The molecule has 4 nitrogen and oxygen atoms in total. The highest BCUT2D eigenvalue weighted by Crippen LogP contribution is 2.50. The average Bonchev–Trinajstić information content (AvgIpc) is 3.47. The number of halogens is 6. The van der Waals surface area contributed by atoms with Crippen molar-refractivity contribution in [2.75, 3.05) is 5.32 Å². The highest BCUT2D eigenvalue weighted by atomic mass is 19.4. The molecule has 1 saturated carbocycles. The zero-order chi connectivity index (χ0) is 22.9. The lowest BCUT2D eigenvalue weighted by atomic mass is 9.98. The lowest BCUT2D eigenvalue weighted by molar-refractivity contribution is -0.173. The molecule has 0 bridgehead atoms. The first-order chi connectivity index (χ1) is 14.4. The van der Waals surface area contributed by atoms with E-state index in [1.807, 2.05) is 0 Å². The van der Waals surface area contributed by atoms with E-state index in [1.54, 1.807) is 12.1 Å². The van der Waals surface area contributed by atoms with Crippen LogP contribution < -0.4 is 10.6 Å². The van der Waals surface area contributed by atoms with Gasteiger partial charge in [0.1, 0.15) is 0 Å². The molecule has 31 heavy (non-hydrogen) atoms. The number of Topliss-reactive ketones (excluding diaryl/α,β-unsaturated/α-hetero) is 1. The van der Waals surface area contributed by atoms with E-state index in [0.29, 0.717) is 11.3 Å². The van der Waals surface area contributed by atoms with Crippen LogP contribution in [0.4, 0.5) is 37.7 Å². The van der Waals surface area contributed by atoms with Crippen molar-refractivity contribution < 1.29 is 35.9 Å². The van der Waals surface area contributed by atoms with E-state index in [0.717, 1.165) is 6.07 Å². The summed E-state index contributed by atoms with van der Waals surface area (Å²) in [6, 6.07) is 11.2. The van der Waals surface area contributed by atoms with Crippen molar-refractivity contribution in [2.45, 2.75) is 38.2 Å². The van der Waals surface area contributed by atoms with Gasteiger partial charge in [0.25, 0.3) is 0 Å². The SMILES string of the molecule is O=C(CC1(C(=O)NCc2ccc(Nc3ccccc3C(F)(F)F)cc2)CC1)C(F)(F)F. The molecule has 10 heteroatoms. The van der Waals surface area contributed by atoms with E-state index in [9.17, 15) is 35.9 Å². The molecule has 0 aliphatic heterocycles. The summed E-state index contributed by atoms with van der Waals surface area (Å²) in [7, 11) is 0. The van der Waals surface area contributed by atoms with Crippen LogP contribution in [0.15, 0.2) is 48.5 Å². The average molecular weight is 444 g/mol. The second kappa shape index (κ2) is 8.24. The van der Waals surface area contributed by atoms with Gasteiger partial charge in [-0.2, -0.15) is 26.3 Å². The standard InChI is InChI=1S/C21H18F6N2O2/c22-20(23,24)15-3-1-2-4-16(15)29-14-7-5-13(6-8-14)12-28-18(31)19(9-10-19)11-17(30)21(25,26)27/h1-8,29H,9-12H2,(H,28,31). The number of benzene rings is 2. The number of para-hydroxylation sites is 1. The van der Waals surface area contributed by atoms with Crippen molar-refractivity contribution in [2.24, 2.45) is 5.41 Å². The molecule has 0 heterocycles. The third-order valence-electron chi connectivity index (χ3n) is 5.07. The van der Waals surface area contributed by atoms with Crippen LogP contribution in [0.25, 0.3) is 0 Å². The van der Waals surface area contributed by atoms with Crippen LogP contribution in [0.5, 0.6) is 0 Å². The molecule has 2 aromatic carbocycles. The fourth-order valence-corrected chi connectivity index (χ4v) is 3.11. The van der Waals surface area contributed by atoms with Gasteiger partial charge < -0.3 is 10.6 Å². The summed E-state index contributed by atoms with van der Waals surface area (Å²) in [6.45, 7) is 0.0141. The Labute approximate surface area is 173 Å². The fraction of sp³-hybridized carbons (Fsp3) is 0.333. The van der Waals surface area contributed by atoms with Crippen LogP contribution >= 0.6 is 0 Å². The van der Waals surface area contributed by atoms with Crippen LogP contribution in [-0.4, -0.2) is 17.9 Å². The molecule has 1 aliphatic carbocycles. The zero-order valence-electron chi connectivity index (χ0n) is 16.0. The zero-order valence-corrected chi connectivity index (χ0v) is 16.0. The molecule has 3 rings (SSSR count). The van der Waals surface area contributed by atoms with Gasteiger partial charge in [-0.25, -0.2) is 0 Å². The van der Waals surface area contributed by atoms with Gasteiger partial charge in [-0.3, -0.25) is 9.59 Å². The van der Waals surface area contributed by atoms with Crippen molar-refractivity contribution in [1.82, 2.24) is 5.32 Å². The van der Waals surface area contributed by atoms with Gasteiger partial charge in [-0.15, -0.1) is 0 Å². The van der Waals surface area contributed by atoms with E-state index in [2.05, 4.69) is 10.6 Å². The van der Waals surface area contributed by atoms with E-state index in [4.69, 9.17) is 0 Å². The minimum Gasteiger partial charge on any atom is -0.355 e. The smallest absolute Gasteiger partial charge is 0.355 e. The number of amides is 1. The van der Waals surface area contributed by atoms with Gasteiger partial charge in [0, 0.05) is 18.7 Å². The maximum Gasteiger partial charge on any atom is 0.450 e. The first-order valence-corrected chi connectivity index (χ1v) is 9.31. The third kappa shape index (κ3) is 5.56. The van der Waals surface area contributed by atoms with Gasteiger partial charge in [-0.1, -0.05) is 24.3 Å². The van der Waals surface area contributed by atoms with E-state index >= 15 is 0 Å². The Balaban J connectivity index is 1.59. The summed E-state index contributed by atoms with van der Waals surface area (Å²) in [5, 5.41) is 5.22. The number of anilines is 2. The van der Waals surface area contributed by atoms with Crippen LogP contribution in [0, 0.1) is 5.41 Å². The van der Waals surface area contributed by atoms with E-state index in [-0.39, 0.29) is 25.1 Å². The van der Waals surface area contributed by atoms with E-state index < -0.39 is 41.4 Å². The number of hydrogen-bond acceptors (Lipinski definition) is 3. The van der Waals surface area contributed by atoms with Gasteiger partial charge in [0.05, 0.1) is 16.7 Å². The molecule has 2 aromatic rings. The predicted octanol–water partition coefficient (Wildman–Crippen LogP) is 5.37. The maximum atomic E-state index is 13.1. The number of carbonyl (C=O) groups is 2. The van der Waals surface area contributed by atoms with Crippen molar-refractivity contribution in [3.05, 3.63) is 59.7 Å². The van der Waals surface area contributed by atoms with Crippen LogP contribution in [0.1, 0.15) is 30.4 Å². The first-order valence-electron chi connectivity index (χ1n) is 9.31. The molecule has 1 fully saturated rings. The highest BCUT2D eigenvalue weighted by Gasteiger charge is 2.54. The monoisotopic (exact) mass is 444 g/mol. The molecule has 0 aromatic heterocycles. The number of ketones is 1. The highest BCUT2D eigenvalue weighted by molar-refractivity contribution is 5.93. The maximum absolute atomic E-state index is 13.1. The molecule has 0 radical (unpaired) electrons. The van der Waals surface area contributed by atoms with Crippen LogP contribution in [0.3, 0.4) is 0 Å². The predicted molar refractivity (Wildman–Crippen MR) is 100 cm³/mol. The molecular weight excluding hydrogens is 426 g/mol. The Morgan fingerprint density at radius 1 is 0.903 bits per heavy atom. The largest absolute Gasteiger partial charge is 0.450 e. The number of carbonyl (C=O) groups excluding carboxylic acids is 2. The summed E-state index contributed by atoms with van der Waals surface area (Å²) in [5.41, 5.74) is -1.24.